The van der Waals surface area contributed by atoms with E-state index in [4.69, 9.17) is 0 Å². The predicted molar refractivity (Wildman–Crippen MR) is 73.1 cm³/mol. The molecular formula is C17H24. The van der Waals surface area contributed by atoms with Crippen molar-refractivity contribution < 1.29 is 0 Å². The lowest BCUT2D eigenvalue weighted by molar-refractivity contribution is 0.00186. The lowest BCUT2D eigenvalue weighted by Gasteiger charge is -2.56. The highest BCUT2D eigenvalue weighted by Gasteiger charge is 2.50. The molecule has 0 unspecified atom stereocenters. The molecule has 3 aliphatic rings. The number of hydrogen-bond donors (Lipinski definition) is 0. The molecule has 3 aliphatic carbocycles. The Morgan fingerprint density at radius 2 is 1.35 bits per heavy atom. The first-order valence-corrected chi connectivity index (χ1v) is 7.23. The molecule has 0 aliphatic heterocycles. The zero-order chi connectivity index (χ0) is 11.9. The molecule has 0 aromatic heterocycles. The van der Waals surface area contributed by atoms with E-state index in [2.05, 4.69) is 44.2 Å². The molecule has 0 nitrogen and oxygen atoms in total. The Hall–Kier alpha value is -0.780. The summed E-state index contributed by atoms with van der Waals surface area (Å²) in [4.78, 5) is 0. The first-order chi connectivity index (χ1) is 8.17. The van der Waals surface area contributed by atoms with Gasteiger partial charge in [-0.15, -0.1) is 0 Å². The van der Waals surface area contributed by atoms with Crippen molar-refractivity contribution in [1.82, 2.24) is 0 Å². The van der Waals surface area contributed by atoms with Gasteiger partial charge in [0.2, 0.25) is 0 Å². The van der Waals surface area contributed by atoms with Gasteiger partial charge in [0.25, 0.3) is 0 Å². The van der Waals surface area contributed by atoms with Crippen LogP contribution in [0.25, 0.3) is 0 Å². The van der Waals surface area contributed by atoms with E-state index < -0.39 is 0 Å². The lowest BCUT2D eigenvalue weighted by Crippen LogP contribution is -2.46. The van der Waals surface area contributed by atoms with Gasteiger partial charge in [0, 0.05) is 0 Å². The van der Waals surface area contributed by atoms with E-state index in [0.717, 1.165) is 5.92 Å². The maximum Gasteiger partial charge on any atom is -0.00463 e. The molecule has 0 amide bonds. The fraction of sp³-hybridized carbons (Fsp3) is 0.647. The van der Waals surface area contributed by atoms with Crippen molar-refractivity contribution in [3.8, 4) is 0 Å². The highest BCUT2D eigenvalue weighted by atomic mass is 14.5. The molecule has 0 N–H and O–H groups in total. The largest absolute Gasteiger partial charge is 0.0622 e. The number of fused-ring (bicyclic) bond motifs is 3. The second-order valence-corrected chi connectivity index (χ2v) is 6.66. The van der Waals surface area contributed by atoms with E-state index in [-0.39, 0.29) is 0 Å². The van der Waals surface area contributed by atoms with Crippen LogP contribution in [0.15, 0.2) is 30.3 Å². The maximum absolute atomic E-state index is 2.43. The lowest BCUT2D eigenvalue weighted by atomic mass is 9.49. The summed E-state index contributed by atoms with van der Waals surface area (Å²) in [6, 6.07) is 11.3. The van der Waals surface area contributed by atoms with Crippen LogP contribution in [-0.2, 0) is 5.41 Å². The normalized spacial score (nSPS) is 36.4. The van der Waals surface area contributed by atoms with Gasteiger partial charge in [0.05, 0.1) is 0 Å². The van der Waals surface area contributed by atoms with Crippen molar-refractivity contribution >= 4 is 0 Å². The molecule has 1 aromatic carbocycles. The second kappa shape index (κ2) is 3.86. The smallest absolute Gasteiger partial charge is 0.00463 e. The minimum absolute atomic E-state index is 0.540. The third kappa shape index (κ3) is 1.64. The zero-order valence-corrected chi connectivity index (χ0v) is 11.2. The molecule has 2 bridgehead atoms. The molecular weight excluding hydrogens is 204 g/mol. The van der Waals surface area contributed by atoms with E-state index in [9.17, 15) is 0 Å². The summed E-state index contributed by atoms with van der Waals surface area (Å²) in [7, 11) is 0. The summed E-state index contributed by atoms with van der Waals surface area (Å²) in [5, 5.41) is 0. The summed E-state index contributed by atoms with van der Waals surface area (Å²) < 4.78 is 0. The van der Waals surface area contributed by atoms with Crippen LogP contribution in [0, 0.1) is 11.3 Å². The van der Waals surface area contributed by atoms with Crippen LogP contribution in [0.4, 0.5) is 0 Å². The molecule has 0 heteroatoms. The van der Waals surface area contributed by atoms with Crippen LogP contribution in [0.3, 0.4) is 0 Å². The van der Waals surface area contributed by atoms with Crippen LogP contribution in [0.2, 0.25) is 0 Å². The Morgan fingerprint density at radius 3 is 1.82 bits per heavy atom. The molecule has 92 valence electrons. The molecule has 0 atom stereocenters. The highest BCUT2D eigenvalue weighted by Crippen LogP contribution is 2.60. The molecule has 0 spiro atoms. The van der Waals surface area contributed by atoms with Gasteiger partial charge in [-0.3, -0.25) is 0 Å². The standard InChI is InChI=1S/C17H24/c1-14(2)16-8-11-17(12-9-16,13-10-16)15-6-4-3-5-7-15/h3-7,14H,8-13H2,1-2H3. The average molecular weight is 228 g/mol. The van der Waals surface area contributed by atoms with Crippen molar-refractivity contribution in [2.24, 2.45) is 11.3 Å². The van der Waals surface area contributed by atoms with Crippen molar-refractivity contribution in [3.63, 3.8) is 0 Å². The molecule has 0 heterocycles. The third-order valence-electron chi connectivity index (χ3n) is 5.92. The summed E-state index contributed by atoms with van der Waals surface area (Å²) in [6.45, 7) is 4.86. The van der Waals surface area contributed by atoms with Crippen LogP contribution in [0.1, 0.15) is 57.9 Å². The minimum atomic E-state index is 0.540. The summed E-state index contributed by atoms with van der Waals surface area (Å²) in [5.74, 6) is 0.872. The maximum atomic E-state index is 2.43. The Balaban J connectivity index is 1.87. The van der Waals surface area contributed by atoms with Gasteiger partial charge in [-0.25, -0.2) is 0 Å². The molecule has 0 radical (unpaired) electrons. The van der Waals surface area contributed by atoms with E-state index >= 15 is 0 Å². The highest BCUT2D eigenvalue weighted by molar-refractivity contribution is 5.28. The van der Waals surface area contributed by atoms with Crippen molar-refractivity contribution in [3.05, 3.63) is 35.9 Å². The molecule has 17 heavy (non-hydrogen) atoms. The summed E-state index contributed by atoms with van der Waals surface area (Å²) in [5.41, 5.74) is 2.84. The molecule has 1 aromatic rings. The number of benzene rings is 1. The van der Waals surface area contributed by atoms with Crippen LogP contribution in [0.5, 0.6) is 0 Å². The summed E-state index contributed by atoms with van der Waals surface area (Å²) in [6.07, 6.45) is 8.65. The molecule has 0 saturated heterocycles. The third-order valence-corrected chi connectivity index (χ3v) is 5.92. The minimum Gasteiger partial charge on any atom is -0.0622 e. The van der Waals surface area contributed by atoms with Crippen LogP contribution in [-0.4, -0.2) is 0 Å². The van der Waals surface area contributed by atoms with Gasteiger partial charge in [-0.1, -0.05) is 44.2 Å². The Bertz CT molecular complexity index is 363. The molecule has 4 rings (SSSR count). The van der Waals surface area contributed by atoms with E-state index in [0.29, 0.717) is 10.8 Å². The van der Waals surface area contributed by atoms with Gasteiger partial charge in [0.1, 0.15) is 0 Å². The van der Waals surface area contributed by atoms with E-state index in [1.807, 2.05) is 0 Å². The van der Waals surface area contributed by atoms with E-state index in [1.54, 1.807) is 5.56 Å². The predicted octanol–water partition coefficient (Wildman–Crippen LogP) is 4.93. The Morgan fingerprint density at radius 1 is 0.824 bits per heavy atom. The topological polar surface area (TPSA) is 0 Å². The van der Waals surface area contributed by atoms with Gasteiger partial charge in [-0.2, -0.15) is 0 Å². The van der Waals surface area contributed by atoms with Crippen molar-refractivity contribution in [2.45, 2.75) is 57.8 Å². The average Bonchev–Trinajstić information content (AvgIpc) is 2.42. The van der Waals surface area contributed by atoms with Crippen LogP contribution < -0.4 is 0 Å². The van der Waals surface area contributed by atoms with Gasteiger partial charge in [-0.05, 0) is 60.8 Å². The SMILES string of the molecule is CC(C)C12CCC(c3ccccc3)(CC1)CC2. The zero-order valence-electron chi connectivity index (χ0n) is 11.2. The summed E-state index contributed by atoms with van der Waals surface area (Å²) >= 11 is 0. The van der Waals surface area contributed by atoms with Gasteiger partial charge >= 0.3 is 0 Å². The molecule has 3 saturated carbocycles. The fourth-order valence-corrected chi connectivity index (χ4v) is 4.31. The molecule has 3 fully saturated rings. The van der Waals surface area contributed by atoms with Crippen molar-refractivity contribution in [1.29, 1.82) is 0 Å². The second-order valence-electron chi connectivity index (χ2n) is 6.66. The monoisotopic (exact) mass is 228 g/mol. The first-order valence-electron chi connectivity index (χ1n) is 7.23. The fourth-order valence-electron chi connectivity index (χ4n) is 4.31. The Kier molecular flexibility index (Phi) is 2.57. The first kappa shape index (κ1) is 11.3. The number of hydrogen-bond acceptors (Lipinski definition) is 0. The van der Waals surface area contributed by atoms with Gasteiger partial charge in [0.15, 0.2) is 0 Å². The number of rotatable bonds is 2. The van der Waals surface area contributed by atoms with Crippen molar-refractivity contribution in [2.75, 3.05) is 0 Å². The van der Waals surface area contributed by atoms with Gasteiger partial charge < -0.3 is 0 Å². The quantitative estimate of drug-likeness (QED) is 0.673. The Labute approximate surface area is 105 Å². The van der Waals surface area contributed by atoms with Crippen LogP contribution >= 0.6 is 0 Å². The van der Waals surface area contributed by atoms with E-state index in [1.165, 1.54) is 38.5 Å².